The van der Waals surface area contributed by atoms with Gasteiger partial charge in [0.15, 0.2) is 0 Å². The number of nitrogens with one attached hydrogen (secondary N) is 1. The third-order valence-electron chi connectivity index (χ3n) is 5.69. The number of ether oxygens (including phenoxy) is 1. The first-order chi connectivity index (χ1) is 13.7. The maximum absolute atomic E-state index is 12.7. The molecule has 2 aromatic rings. The van der Waals surface area contributed by atoms with Gasteiger partial charge in [-0.2, -0.15) is 0 Å². The first-order valence-electron chi connectivity index (χ1n) is 10.2. The van der Waals surface area contributed by atoms with Gasteiger partial charge >= 0.3 is 0 Å². The number of carbonyl (C=O) groups excluding carboxylic acids is 1. The van der Waals surface area contributed by atoms with E-state index in [2.05, 4.69) is 22.3 Å². The van der Waals surface area contributed by atoms with Gasteiger partial charge in [0.2, 0.25) is 5.91 Å². The minimum Gasteiger partial charge on any atom is -0.489 e. The molecular formula is C23H27ClN2O2. The van der Waals surface area contributed by atoms with Gasteiger partial charge in [0, 0.05) is 17.6 Å². The minimum atomic E-state index is -0.0187. The van der Waals surface area contributed by atoms with Crippen molar-refractivity contribution >= 4 is 23.2 Å². The van der Waals surface area contributed by atoms with Crippen molar-refractivity contribution in [3.8, 4) is 5.75 Å². The van der Waals surface area contributed by atoms with Gasteiger partial charge < -0.3 is 15.0 Å². The van der Waals surface area contributed by atoms with Gasteiger partial charge in [0.05, 0.1) is 18.2 Å². The maximum Gasteiger partial charge on any atom is 0.222 e. The lowest BCUT2D eigenvalue weighted by Crippen LogP contribution is -2.47. The molecule has 2 aliphatic rings. The lowest BCUT2D eigenvalue weighted by atomic mass is 9.95. The fourth-order valence-corrected chi connectivity index (χ4v) is 4.39. The summed E-state index contributed by atoms with van der Waals surface area (Å²) in [6.45, 7) is 1.22. The lowest BCUT2D eigenvalue weighted by molar-refractivity contribution is -0.122. The lowest BCUT2D eigenvalue weighted by Gasteiger charge is -2.39. The van der Waals surface area contributed by atoms with Crippen molar-refractivity contribution in [1.29, 1.82) is 0 Å². The fraction of sp³-hybridized carbons (Fsp3) is 0.435. The normalized spacial score (nSPS) is 19.6. The molecule has 1 aliphatic heterocycles. The summed E-state index contributed by atoms with van der Waals surface area (Å²) in [5.41, 5.74) is 2.16. The van der Waals surface area contributed by atoms with E-state index in [-0.39, 0.29) is 11.9 Å². The van der Waals surface area contributed by atoms with Crippen LogP contribution in [0.1, 0.15) is 44.1 Å². The molecule has 0 saturated heterocycles. The Kier molecular flexibility index (Phi) is 6.06. The Bertz CT molecular complexity index is 806. The number of benzene rings is 2. The Morgan fingerprint density at radius 3 is 2.68 bits per heavy atom. The summed E-state index contributed by atoms with van der Waals surface area (Å²) in [6, 6.07) is 16.3. The number of carbonyl (C=O) groups is 1. The average Bonchev–Trinajstić information content (AvgIpc) is 2.71. The summed E-state index contributed by atoms with van der Waals surface area (Å²) in [5.74, 6) is 0.938. The first kappa shape index (κ1) is 19.1. The SMILES string of the molecule is O=C(CC1COc2ccc(Cl)cc2N1Cc1ccccc1)NC1CCCCC1. The zero-order valence-electron chi connectivity index (χ0n) is 16.1. The standard InChI is InChI=1S/C23H27ClN2O2/c24-18-11-12-22-21(13-18)26(15-17-7-3-1-4-8-17)20(16-28-22)14-23(27)25-19-9-5-2-6-10-19/h1,3-4,7-8,11-13,19-20H,2,5-6,9-10,14-16H2,(H,25,27). The summed E-state index contributed by atoms with van der Waals surface area (Å²) in [4.78, 5) is 15.0. The van der Waals surface area contributed by atoms with E-state index in [9.17, 15) is 4.79 Å². The van der Waals surface area contributed by atoms with E-state index >= 15 is 0 Å². The third kappa shape index (κ3) is 4.61. The summed E-state index contributed by atoms with van der Waals surface area (Å²) in [5, 5.41) is 3.91. The van der Waals surface area contributed by atoms with Crippen LogP contribution < -0.4 is 15.0 Å². The van der Waals surface area contributed by atoms with Gasteiger partial charge in [-0.25, -0.2) is 0 Å². The Labute approximate surface area is 171 Å². The second-order valence-corrected chi connectivity index (χ2v) is 8.23. The average molecular weight is 399 g/mol. The van der Waals surface area contributed by atoms with Crippen LogP contribution in [0, 0.1) is 0 Å². The first-order valence-corrected chi connectivity index (χ1v) is 10.6. The molecule has 1 aliphatic carbocycles. The van der Waals surface area contributed by atoms with Crippen LogP contribution >= 0.6 is 11.6 Å². The molecule has 0 spiro atoms. The van der Waals surface area contributed by atoms with Crippen molar-refractivity contribution in [1.82, 2.24) is 5.32 Å². The number of rotatable bonds is 5. The van der Waals surface area contributed by atoms with Crippen molar-refractivity contribution in [3.05, 3.63) is 59.1 Å². The highest BCUT2D eigenvalue weighted by molar-refractivity contribution is 6.31. The van der Waals surface area contributed by atoms with Crippen LogP contribution in [0.4, 0.5) is 5.69 Å². The molecule has 1 fully saturated rings. The summed E-state index contributed by atoms with van der Waals surface area (Å²) < 4.78 is 5.97. The van der Waals surface area contributed by atoms with Gasteiger partial charge in [0.25, 0.3) is 0 Å². The predicted molar refractivity (Wildman–Crippen MR) is 113 cm³/mol. The van der Waals surface area contributed by atoms with Gasteiger partial charge in [-0.05, 0) is 36.6 Å². The molecule has 0 aromatic heterocycles. The smallest absolute Gasteiger partial charge is 0.222 e. The molecule has 1 amide bonds. The van der Waals surface area contributed by atoms with E-state index in [0.717, 1.165) is 30.8 Å². The van der Waals surface area contributed by atoms with Gasteiger partial charge in [0.1, 0.15) is 12.4 Å². The van der Waals surface area contributed by atoms with Crippen molar-refractivity contribution in [2.75, 3.05) is 11.5 Å². The molecule has 0 bridgehead atoms. The molecule has 5 heteroatoms. The number of amides is 1. The van der Waals surface area contributed by atoms with Crippen LogP contribution in [0.5, 0.6) is 5.75 Å². The van der Waals surface area contributed by atoms with Gasteiger partial charge in [-0.15, -0.1) is 0 Å². The number of anilines is 1. The van der Waals surface area contributed by atoms with E-state index in [1.807, 2.05) is 36.4 Å². The van der Waals surface area contributed by atoms with Crippen molar-refractivity contribution in [2.24, 2.45) is 0 Å². The maximum atomic E-state index is 12.7. The highest BCUT2D eigenvalue weighted by Gasteiger charge is 2.30. The Hall–Kier alpha value is -2.20. The molecule has 4 nitrogen and oxygen atoms in total. The third-order valence-corrected chi connectivity index (χ3v) is 5.92. The Morgan fingerprint density at radius 1 is 1.11 bits per heavy atom. The Balaban J connectivity index is 1.51. The highest BCUT2D eigenvalue weighted by Crippen LogP contribution is 2.37. The number of nitrogens with zero attached hydrogens (tertiary/aromatic N) is 1. The van der Waals surface area contributed by atoms with Crippen molar-refractivity contribution in [2.45, 2.75) is 57.2 Å². The fourth-order valence-electron chi connectivity index (χ4n) is 4.22. The summed E-state index contributed by atoms with van der Waals surface area (Å²) in [7, 11) is 0. The molecule has 1 heterocycles. The number of fused-ring (bicyclic) bond motifs is 1. The summed E-state index contributed by atoms with van der Waals surface area (Å²) in [6.07, 6.45) is 6.33. The molecule has 1 unspecified atom stereocenters. The molecule has 0 radical (unpaired) electrons. The second kappa shape index (κ2) is 8.87. The molecule has 4 rings (SSSR count). The van der Waals surface area contributed by atoms with Crippen molar-refractivity contribution in [3.63, 3.8) is 0 Å². The van der Waals surface area contributed by atoms with E-state index in [4.69, 9.17) is 16.3 Å². The van der Waals surface area contributed by atoms with E-state index < -0.39 is 0 Å². The van der Waals surface area contributed by atoms with Crippen LogP contribution in [0.3, 0.4) is 0 Å². The number of hydrogen-bond acceptors (Lipinski definition) is 3. The van der Waals surface area contributed by atoms with Gasteiger partial charge in [-0.3, -0.25) is 4.79 Å². The molecule has 1 atom stereocenters. The molecule has 148 valence electrons. The predicted octanol–water partition coefficient (Wildman–Crippen LogP) is 4.95. The number of halogens is 1. The second-order valence-electron chi connectivity index (χ2n) is 7.80. The van der Waals surface area contributed by atoms with Crippen LogP contribution in [0.2, 0.25) is 5.02 Å². The zero-order chi connectivity index (χ0) is 19.3. The van der Waals surface area contributed by atoms with Crippen LogP contribution in [-0.4, -0.2) is 24.6 Å². The highest BCUT2D eigenvalue weighted by atomic mass is 35.5. The molecule has 28 heavy (non-hydrogen) atoms. The minimum absolute atomic E-state index is 0.0187. The molecule has 2 aromatic carbocycles. The zero-order valence-corrected chi connectivity index (χ0v) is 16.8. The summed E-state index contributed by atoms with van der Waals surface area (Å²) >= 11 is 6.27. The van der Waals surface area contributed by atoms with Crippen LogP contribution in [0.25, 0.3) is 0 Å². The number of hydrogen-bond donors (Lipinski definition) is 1. The van der Waals surface area contributed by atoms with Crippen LogP contribution in [-0.2, 0) is 11.3 Å². The van der Waals surface area contributed by atoms with Gasteiger partial charge in [-0.1, -0.05) is 61.2 Å². The van der Waals surface area contributed by atoms with E-state index in [1.165, 1.54) is 24.8 Å². The molecular weight excluding hydrogens is 372 g/mol. The van der Waals surface area contributed by atoms with E-state index in [0.29, 0.717) is 24.1 Å². The van der Waals surface area contributed by atoms with Crippen LogP contribution in [0.15, 0.2) is 48.5 Å². The molecule has 1 N–H and O–H groups in total. The quantitative estimate of drug-likeness (QED) is 0.775. The van der Waals surface area contributed by atoms with Crippen molar-refractivity contribution < 1.29 is 9.53 Å². The monoisotopic (exact) mass is 398 g/mol. The Morgan fingerprint density at radius 2 is 1.89 bits per heavy atom. The largest absolute Gasteiger partial charge is 0.489 e. The molecule has 1 saturated carbocycles. The topological polar surface area (TPSA) is 41.6 Å². The van der Waals surface area contributed by atoms with E-state index in [1.54, 1.807) is 0 Å².